The van der Waals surface area contributed by atoms with Gasteiger partial charge in [-0.3, -0.25) is 9.78 Å². The molecule has 2 aromatic carbocycles. The number of carbonyl (C=O) groups excluding carboxylic acids is 1. The summed E-state index contributed by atoms with van der Waals surface area (Å²) in [6.07, 6.45) is 2.42. The molecule has 0 bridgehead atoms. The van der Waals surface area contributed by atoms with Crippen LogP contribution >= 0.6 is 0 Å². The maximum Gasteiger partial charge on any atom is 0.240 e. The van der Waals surface area contributed by atoms with Crippen LogP contribution in [0.4, 0.5) is 0 Å². The number of fused-ring (bicyclic) bond motifs is 1. The third-order valence-electron chi connectivity index (χ3n) is 4.19. The molecule has 0 atom stereocenters. The highest BCUT2D eigenvalue weighted by atomic mass is 32.2. The summed E-state index contributed by atoms with van der Waals surface area (Å²) in [5, 5.41) is 3.77. The number of ether oxygens (including phenoxy) is 1. The minimum absolute atomic E-state index is 0.0429. The fourth-order valence-corrected chi connectivity index (χ4v) is 3.80. The normalized spacial score (nSPS) is 11.3. The van der Waals surface area contributed by atoms with Gasteiger partial charge in [0.15, 0.2) is 0 Å². The van der Waals surface area contributed by atoms with Gasteiger partial charge in [-0.15, -0.1) is 0 Å². The van der Waals surface area contributed by atoms with E-state index in [1.54, 1.807) is 24.4 Å². The second kappa shape index (κ2) is 9.99. The van der Waals surface area contributed by atoms with E-state index in [9.17, 15) is 13.2 Å². The van der Waals surface area contributed by atoms with Gasteiger partial charge in [0.2, 0.25) is 15.9 Å². The van der Waals surface area contributed by atoms with E-state index in [-0.39, 0.29) is 23.8 Å². The Morgan fingerprint density at radius 3 is 2.59 bits per heavy atom. The molecule has 3 aromatic rings. The van der Waals surface area contributed by atoms with Gasteiger partial charge in [-0.2, -0.15) is 0 Å². The van der Waals surface area contributed by atoms with Crippen LogP contribution in [0.15, 0.2) is 71.8 Å². The first kappa shape index (κ1) is 20.8. The zero-order valence-electron chi connectivity index (χ0n) is 15.9. The smallest absolute Gasteiger partial charge is 0.240 e. The molecule has 0 saturated carbocycles. The molecule has 29 heavy (non-hydrogen) atoms. The molecule has 0 radical (unpaired) electrons. The Kier molecular flexibility index (Phi) is 7.15. The Morgan fingerprint density at radius 1 is 0.966 bits per heavy atom. The largest absolute Gasteiger partial charge is 0.491 e. The molecule has 1 amide bonds. The molecule has 2 N–H and O–H groups in total. The molecule has 152 valence electrons. The highest BCUT2D eigenvalue weighted by molar-refractivity contribution is 7.89. The van der Waals surface area contributed by atoms with E-state index in [1.165, 1.54) is 12.1 Å². The number of benzene rings is 2. The Hall–Kier alpha value is -2.97. The monoisotopic (exact) mass is 413 g/mol. The summed E-state index contributed by atoms with van der Waals surface area (Å²) in [7, 11) is -3.59. The van der Waals surface area contributed by atoms with E-state index in [4.69, 9.17) is 4.74 Å². The zero-order valence-corrected chi connectivity index (χ0v) is 16.7. The van der Waals surface area contributed by atoms with E-state index in [1.807, 2.05) is 30.3 Å². The molecule has 0 saturated heterocycles. The lowest BCUT2D eigenvalue weighted by molar-refractivity contribution is -0.120. The van der Waals surface area contributed by atoms with Crippen molar-refractivity contribution in [3.05, 3.63) is 66.9 Å². The lowest BCUT2D eigenvalue weighted by Crippen LogP contribution is -2.31. The first-order valence-corrected chi connectivity index (χ1v) is 10.8. The van der Waals surface area contributed by atoms with Crippen molar-refractivity contribution in [1.82, 2.24) is 15.0 Å². The molecule has 0 fully saturated rings. The second-order valence-corrected chi connectivity index (χ2v) is 8.11. The van der Waals surface area contributed by atoms with E-state index in [0.29, 0.717) is 25.3 Å². The topological polar surface area (TPSA) is 97.4 Å². The Balaban J connectivity index is 1.34. The minimum atomic E-state index is -3.59. The van der Waals surface area contributed by atoms with Crippen LogP contribution in [0.1, 0.15) is 12.8 Å². The number of pyridine rings is 1. The van der Waals surface area contributed by atoms with Gasteiger partial charge in [-0.05, 0) is 30.7 Å². The summed E-state index contributed by atoms with van der Waals surface area (Å²) in [5.74, 6) is 0.498. The number of sulfonamides is 1. The molecule has 0 aliphatic rings. The standard InChI is InChI=1S/C21H23N3O4S/c25-20(12-15-24-29(26,27)18-9-2-1-3-10-18)22-14-6-16-28-19-11-4-7-17-8-5-13-23-21(17)19/h1-5,7-11,13,24H,6,12,14-16H2,(H,22,25). The molecule has 0 spiro atoms. The minimum Gasteiger partial charge on any atom is -0.491 e. The summed E-state index contributed by atoms with van der Waals surface area (Å²) in [6.45, 7) is 0.931. The lowest BCUT2D eigenvalue weighted by Gasteiger charge is -2.10. The molecule has 1 heterocycles. The SMILES string of the molecule is O=C(CCNS(=O)(=O)c1ccccc1)NCCCOc1cccc2cccnc12. The van der Waals surface area contributed by atoms with Gasteiger partial charge in [0.05, 0.1) is 11.5 Å². The van der Waals surface area contributed by atoms with Crippen LogP contribution in [-0.2, 0) is 14.8 Å². The average Bonchev–Trinajstić information content (AvgIpc) is 2.74. The van der Waals surface area contributed by atoms with Crippen molar-refractivity contribution >= 4 is 26.8 Å². The number of hydrogen-bond donors (Lipinski definition) is 2. The molecule has 7 nitrogen and oxygen atoms in total. The van der Waals surface area contributed by atoms with E-state index in [2.05, 4.69) is 15.0 Å². The molecule has 0 unspecified atom stereocenters. The fraction of sp³-hybridized carbons (Fsp3) is 0.238. The Labute approximate surface area is 170 Å². The molecule has 8 heteroatoms. The molecular formula is C21H23N3O4S. The summed E-state index contributed by atoms with van der Waals surface area (Å²) in [6, 6.07) is 17.7. The van der Waals surface area contributed by atoms with Crippen LogP contribution in [0.3, 0.4) is 0 Å². The van der Waals surface area contributed by atoms with Crippen LogP contribution in [-0.4, -0.2) is 39.0 Å². The summed E-state index contributed by atoms with van der Waals surface area (Å²) >= 11 is 0. The van der Waals surface area contributed by atoms with Crippen LogP contribution in [0.25, 0.3) is 10.9 Å². The maximum absolute atomic E-state index is 12.1. The van der Waals surface area contributed by atoms with E-state index >= 15 is 0 Å². The van der Waals surface area contributed by atoms with Gasteiger partial charge in [-0.1, -0.05) is 36.4 Å². The third-order valence-corrected chi connectivity index (χ3v) is 5.67. The first-order valence-electron chi connectivity index (χ1n) is 9.34. The highest BCUT2D eigenvalue weighted by Gasteiger charge is 2.13. The fourth-order valence-electron chi connectivity index (χ4n) is 2.75. The molecule has 0 aliphatic heterocycles. The molecular weight excluding hydrogens is 390 g/mol. The average molecular weight is 413 g/mol. The van der Waals surface area contributed by atoms with Crippen molar-refractivity contribution in [3.8, 4) is 5.75 Å². The number of rotatable bonds is 10. The van der Waals surface area contributed by atoms with Gasteiger partial charge in [0, 0.05) is 31.1 Å². The summed E-state index contributed by atoms with van der Waals surface area (Å²) < 4.78 is 32.3. The Morgan fingerprint density at radius 2 is 1.76 bits per heavy atom. The van der Waals surface area contributed by atoms with Crippen molar-refractivity contribution in [2.24, 2.45) is 0 Å². The maximum atomic E-state index is 12.1. The third kappa shape index (κ3) is 6.00. The van der Waals surface area contributed by atoms with Crippen molar-refractivity contribution in [1.29, 1.82) is 0 Å². The van der Waals surface area contributed by atoms with Gasteiger partial charge in [-0.25, -0.2) is 13.1 Å². The van der Waals surface area contributed by atoms with Gasteiger partial charge in [0.25, 0.3) is 0 Å². The summed E-state index contributed by atoms with van der Waals surface area (Å²) in [4.78, 5) is 16.4. The summed E-state index contributed by atoms with van der Waals surface area (Å²) in [5.41, 5.74) is 0.810. The number of nitrogens with one attached hydrogen (secondary N) is 2. The Bertz CT molecular complexity index is 1050. The van der Waals surface area contributed by atoms with Gasteiger partial charge in [0.1, 0.15) is 11.3 Å². The number of amides is 1. The van der Waals surface area contributed by atoms with Crippen molar-refractivity contribution < 1.29 is 17.9 Å². The number of nitrogens with zero attached hydrogens (tertiary/aromatic N) is 1. The van der Waals surface area contributed by atoms with Crippen molar-refractivity contribution in [2.45, 2.75) is 17.7 Å². The number of carbonyl (C=O) groups is 1. The van der Waals surface area contributed by atoms with Crippen LogP contribution in [0, 0.1) is 0 Å². The predicted octanol–water partition coefficient (Wildman–Crippen LogP) is 2.49. The van der Waals surface area contributed by atoms with Crippen molar-refractivity contribution in [3.63, 3.8) is 0 Å². The second-order valence-electron chi connectivity index (χ2n) is 6.34. The van der Waals surface area contributed by atoms with Crippen molar-refractivity contribution in [2.75, 3.05) is 19.7 Å². The van der Waals surface area contributed by atoms with E-state index < -0.39 is 10.0 Å². The van der Waals surface area contributed by atoms with Crippen LogP contribution in [0.5, 0.6) is 5.75 Å². The van der Waals surface area contributed by atoms with Crippen LogP contribution in [0.2, 0.25) is 0 Å². The van der Waals surface area contributed by atoms with Gasteiger partial charge >= 0.3 is 0 Å². The quantitative estimate of drug-likeness (QED) is 0.498. The van der Waals surface area contributed by atoms with Crippen LogP contribution < -0.4 is 14.8 Å². The highest BCUT2D eigenvalue weighted by Crippen LogP contribution is 2.22. The lowest BCUT2D eigenvalue weighted by atomic mass is 10.2. The predicted molar refractivity (Wildman–Crippen MR) is 111 cm³/mol. The van der Waals surface area contributed by atoms with Gasteiger partial charge < -0.3 is 10.1 Å². The molecule has 0 aliphatic carbocycles. The molecule has 1 aromatic heterocycles. The zero-order chi connectivity index (χ0) is 20.5. The molecule has 3 rings (SSSR count). The first-order chi connectivity index (χ1) is 14.1. The number of hydrogen-bond acceptors (Lipinski definition) is 5. The van der Waals surface area contributed by atoms with E-state index in [0.717, 1.165) is 10.9 Å². The number of aromatic nitrogens is 1. The number of para-hydroxylation sites is 1.